The molecule has 5 aliphatic rings. The van der Waals surface area contributed by atoms with Gasteiger partial charge in [-0.1, -0.05) is 71.8 Å². The molecule has 4 fully saturated rings. The second kappa shape index (κ2) is 9.18. The topological polar surface area (TPSA) is 49.7 Å². The molecule has 38 heavy (non-hydrogen) atoms. The molecule has 3 nitrogen and oxygen atoms in total. The molecule has 0 aromatic heterocycles. The van der Waals surface area contributed by atoms with Crippen LogP contribution in [0.2, 0.25) is 0 Å². The van der Waals surface area contributed by atoms with Gasteiger partial charge in [-0.2, -0.15) is 0 Å². The Bertz CT molecular complexity index is 991. The Hall–Kier alpha value is -0.640. The van der Waals surface area contributed by atoms with E-state index >= 15 is 0 Å². The number of ether oxygens (including phenoxy) is 1. The van der Waals surface area contributed by atoms with Gasteiger partial charge in [0.15, 0.2) is 0 Å². The van der Waals surface area contributed by atoms with Crippen LogP contribution >= 0.6 is 0 Å². The summed E-state index contributed by atoms with van der Waals surface area (Å²) < 4.78 is 6.73. The van der Waals surface area contributed by atoms with Crippen molar-refractivity contribution in [3.63, 3.8) is 0 Å². The van der Waals surface area contributed by atoms with Crippen molar-refractivity contribution in [2.75, 3.05) is 13.2 Å². The molecule has 4 saturated carbocycles. The van der Waals surface area contributed by atoms with Crippen LogP contribution in [-0.2, 0) is 4.74 Å². The Morgan fingerprint density at radius 1 is 0.921 bits per heavy atom. The van der Waals surface area contributed by atoms with Crippen LogP contribution in [-0.4, -0.2) is 35.6 Å². The largest absolute Gasteiger partial charge is 0.396 e. The molecule has 0 heterocycles. The monoisotopic (exact) mass is 526 g/mol. The van der Waals surface area contributed by atoms with Gasteiger partial charge in [0.25, 0.3) is 0 Å². The molecular formula is C35H58O3. The Labute approximate surface area is 233 Å². The molecule has 2 N–H and O–H groups in total. The lowest BCUT2D eigenvalue weighted by atomic mass is 9.33. The van der Waals surface area contributed by atoms with E-state index in [-0.39, 0.29) is 45.2 Å². The van der Waals surface area contributed by atoms with Gasteiger partial charge in [0, 0.05) is 10.8 Å². The van der Waals surface area contributed by atoms with E-state index in [4.69, 9.17) is 4.74 Å². The van der Waals surface area contributed by atoms with Crippen molar-refractivity contribution in [1.82, 2.24) is 0 Å². The molecule has 3 heteroatoms. The molecule has 3 unspecified atom stereocenters. The summed E-state index contributed by atoms with van der Waals surface area (Å²) in [7, 11) is 0. The van der Waals surface area contributed by atoms with Crippen molar-refractivity contribution in [2.45, 2.75) is 132 Å². The van der Waals surface area contributed by atoms with Gasteiger partial charge in [-0.25, -0.2) is 0 Å². The molecule has 0 saturated heterocycles. The van der Waals surface area contributed by atoms with Gasteiger partial charge in [0.05, 0.1) is 25.4 Å². The second-order valence-corrected chi connectivity index (χ2v) is 16.7. The van der Waals surface area contributed by atoms with Gasteiger partial charge in [0.1, 0.15) is 0 Å². The number of aliphatic hydroxyl groups excluding tert-OH is 2. The van der Waals surface area contributed by atoms with Crippen molar-refractivity contribution < 1.29 is 14.9 Å². The summed E-state index contributed by atoms with van der Waals surface area (Å²) in [4.78, 5) is 0. The second-order valence-electron chi connectivity index (χ2n) is 16.7. The highest BCUT2D eigenvalue weighted by Gasteiger charge is 2.69. The lowest BCUT2D eigenvalue weighted by Gasteiger charge is -2.71. The van der Waals surface area contributed by atoms with E-state index in [1.54, 1.807) is 5.57 Å². The average molecular weight is 527 g/mol. The first-order valence-corrected chi connectivity index (χ1v) is 15.8. The summed E-state index contributed by atoms with van der Waals surface area (Å²) in [6, 6.07) is 0. The summed E-state index contributed by atoms with van der Waals surface area (Å²) >= 11 is 0. The molecule has 0 bridgehead atoms. The summed E-state index contributed by atoms with van der Waals surface area (Å²) in [6.45, 7) is 22.6. The van der Waals surface area contributed by atoms with Gasteiger partial charge < -0.3 is 14.9 Å². The number of hydrogen-bond donors (Lipinski definition) is 2. The van der Waals surface area contributed by atoms with E-state index in [0.717, 1.165) is 38.7 Å². The maximum atomic E-state index is 11.0. The molecule has 10 atom stereocenters. The Balaban J connectivity index is 1.53. The minimum absolute atomic E-state index is 0.0971. The maximum absolute atomic E-state index is 11.0. The fraction of sp³-hybridized carbons (Fsp3) is 0.886. The summed E-state index contributed by atoms with van der Waals surface area (Å²) in [5, 5.41) is 21.5. The smallest absolute Gasteiger partial charge is 0.0653 e. The van der Waals surface area contributed by atoms with Crippen molar-refractivity contribution in [2.24, 2.45) is 50.2 Å². The van der Waals surface area contributed by atoms with Gasteiger partial charge in [-0.15, -0.1) is 0 Å². The highest BCUT2D eigenvalue weighted by Crippen LogP contribution is 2.75. The zero-order valence-electron chi connectivity index (χ0n) is 26.1. The summed E-state index contributed by atoms with van der Waals surface area (Å²) in [5.74, 6) is 1.57. The average Bonchev–Trinajstić information content (AvgIpc) is 2.83. The first-order valence-electron chi connectivity index (χ1n) is 15.8. The molecule has 0 radical (unpaired) electrons. The van der Waals surface area contributed by atoms with Crippen LogP contribution < -0.4 is 0 Å². The molecule has 0 aromatic carbocycles. The van der Waals surface area contributed by atoms with Gasteiger partial charge in [-0.05, 0) is 111 Å². The van der Waals surface area contributed by atoms with Gasteiger partial charge >= 0.3 is 0 Å². The van der Waals surface area contributed by atoms with Crippen molar-refractivity contribution >= 4 is 0 Å². The van der Waals surface area contributed by atoms with Crippen molar-refractivity contribution in [3.05, 3.63) is 23.3 Å². The highest BCUT2D eigenvalue weighted by atomic mass is 16.5. The van der Waals surface area contributed by atoms with Crippen LogP contribution in [0.25, 0.3) is 0 Å². The SMILES string of the molecule is CC(C)=CCO[C@@H]1CC(C)(C)C[C@H]2C3=CCC4[C@@]5(C)CCC(O)[C@](C)(CO)C5CC[C@@]4(C)[C@]3(C)CC[C@@]12C. The van der Waals surface area contributed by atoms with E-state index in [1.165, 1.54) is 31.3 Å². The first kappa shape index (κ1) is 28.9. The molecule has 5 rings (SSSR count). The predicted octanol–water partition coefficient (Wildman–Crippen LogP) is 8.10. The number of fused-ring (bicyclic) bond motifs is 7. The van der Waals surface area contributed by atoms with E-state index in [2.05, 4.69) is 74.5 Å². The van der Waals surface area contributed by atoms with Crippen LogP contribution in [0.4, 0.5) is 0 Å². The minimum Gasteiger partial charge on any atom is -0.396 e. The van der Waals surface area contributed by atoms with Crippen LogP contribution in [0.3, 0.4) is 0 Å². The molecule has 0 aromatic rings. The zero-order valence-corrected chi connectivity index (χ0v) is 26.1. The van der Waals surface area contributed by atoms with E-state index in [0.29, 0.717) is 23.9 Å². The molecule has 5 aliphatic carbocycles. The number of rotatable bonds is 4. The molecule has 0 amide bonds. The Morgan fingerprint density at radius 3 is 2.29 bits per heavy atom. The lowest BCUT2D eigenvalue weighted by molar-refractivity contribution is -0.219. The third-order valence-electron chi connectivity index (χ3n) is 14.0. The molecule has 0 spiro atoms. The fourth-order valence-corrected chi connectivity index (χ4v) is 11.3. The molecule has 0 aliphatic heterocycles. The first-order chi connectivity index (χ1) is 17.6. The maximum Gasteiger partial charge on any atom is 0.0653 e. The van der Waals surface area contributed by atoms with E-state index in [1.807, 2.05) is 0 Å². The van der Waals surface area contributed by atoms with Crippen LogP contribution in [0, 0.1) is 50.2 Å². The standard InChI is InChI=1S/C35H58O3/c1-23(2)14-19-38-29-21-30(3,4)20-25-24-10-11-27-32(6)15-13-28(37)33(7,22-36)26(32)12-16-35(27,9)34(24,8)18-17-31(25,29)5/h10,14,25-29,36-37H,11-13,15-22H2,1-9H3/t25-,26?,27?,28?,29+,31+,32-,33+,34+,35+/m0/s1. The molecule has 216 valence electrons. The third-order valence-corrected chi connectivity index (χ3v) is 14.0. The predicted molar refractivity (Wildman–Crippen MR) is 157 cm³/mol. The Kier molecular flexibility index (Phi) is 6.98. The molecular weight excluding hydrogens is 468 g/mol. The summed E-state index contributed by atoms with van der Waals surface area (Å²) in [5.41, 5.74) is 3.82. The normalized spacial score (nSPS) is 51.6. The fourth-order valence-electron chi connectivity index (χ4n) is 11.3. The lowest BCUT2D eigenvalue weighted by Crippen LogP contribution is -2.66. The van der Waals surface area contributed by atoms with E-state index in [9.17, 15) is 10.2 Å². The third kappa shape index (κ3) is 3.91. The van der Waals surface area contributed by atoms with Crippen LogP contribution in [0.15, 0.2) is 23.3 Å². The minimum atomic E-state index is -0.386. The number of allylic oxidation sites excluding steroid dienone is 3. The van der Waals surface area contributed by atoms with Crippen LogP contribution in [0.5, 0.6) is 0 Å². The Morgan fingerprint density at radius 2 is 1.63 bits per heavy atom. The highest BCUT2D eigenvalue weighted by molar-refractivity contribution is 5.34. The van der Waals surface area contributed by atoms with Crippen molar-refractivity contribution in [1.29, 1.82) is 0 Å². The quantitative estimate of drug-likeness (QED) is 0.364. The zero-order chi connectivity index (χ0) is 27.9. The summed E-state index contributed by atoms with van der Waals surface area (Å²) in [6.07, 6.45) is 15.2. The van der Waals surface area contributed by atoms with Crippen molar-refractivity contribution in [3.8, 4) is 0 Å². The number of hydrogen-bond acceptors (Lipinski definition) is 3. The van der Waals surface area contributed by atoms with Gasteiger partial charge in [-0.3, -0.25) is 0 Å². The number of aliphatic hydroxyl groups is 2. The van der Waals surface area contributed by atoms with Crippen LogP contribution in [0.1, 0.15) is 120 Å². The van der Waals surface area contributed by atoms with E-state index < -0.39 is 0 Å². The van der Waals surface area contributed by atoms with Gasteiger partial charge in [0.2, 0.25) is 0 Å².